The maximum Gasteiger partial charge on any atom is 0.270 e. The van der Waals surface area contributed by atoms with Crippen molar-refractivity contribution in [1.29, 1.82) is 0 Å². The van der Waals surface area contributed by atoms with Crippen LogP contribution in [0.2, 0.25) is 5.02 Å². The first-order chi connectivity index (χ1) is 7.00. The van der Waals surface area contributed by atoms with Crippen molar-refractivity contribution in [3.8, 4) is 0 Å². The number of rotatable bonds is 4. The summed E-state index contributed by atoms with van der Waals surface area (Å²) in [5.41, 5.74) is 0.473. The highest BCUT2D eigenvalue weighted by Gasteiger charge is 2.11. The molecule has 0 saturated carbocycles. The minimum Gasteiger partial charge on any atom is -0.617 e. The smallest absolute Gasteiger partial charge is 0.270 e. The van der Waals surface area contributed by atoms with Gasteiger partial charge in [0.25, 0.3) is 5.69 Å². The molecule has 1 rings (SSSR count). The highest BCUT2D eigenvalue weighted by Crippen LogP contribution is 2.23. The monoisotopic (exact) mass is 245 g/mol. The third-order valence-corrected chi connectivity index (χ3v) is 2.49. The molecule has 0 aliphatic heterocycles. The molecule has 1 atom stereocenters. The number of nitrogens with zero attached hydrogens (tertiary/aromatic N) is 1. The van der Waals surface area contributed by atoms with E-state index in [1.54, 1.807) is 6.26 Å². The summed E-state index contributed by atoms with van der Waals surface area (Å²) in [5.74, 6) is 0.261. The summed E-state index contributed by atoms with van der Waals surface area (Å²) < 4.78 is 10.8. The van der Waals surface area contributed by atoms with Gasteiger partial charge in [0.1, 0.15) is 5.75 Å². The van der Waals surface area contributed by atoms with Crippen LogP contribution in [0.25, 0.3) is 0 Å². The molecule has 0 amide bonds. The SMILES string of the molecule is C[S+]([O-])C[C]c1ccc([N+](=O)[O-])cc1Cl. The molecule has 1 aromatic rings. The number of nitro groups is 1. The Balaban J connectivity index is 2.79. The zero-order chi connectivity index (χ0) is 11.4. The van der Waals surface area contributed by atoms with Gasteiger partial charge in [0.2, 0.25) is 0 Å². The van der Waals surface area contributed by atoms with Crippen LogP contribution in [0.15, 0.2) is 18.2 Å². The third-order valence-electron chi connectivity index (χ3n) is 1.63. The van der Waals surface area contributed by atoms with E-state index in [9.17, 15) is 14.7 Å². The molecule has 15 heavy (non-hydrogen) atoms. The van der Waals surface area contributed by atoms with Gasteiger partial charge in [-0.3, -0.25) is 10.1 Å². The third kappa shape index (κ3) is 3.70. The highest BCUT2D eigenvalue weighted by molar-refractivity contribution is 7.90. The summed E-state index contributed by atoms with van der Waals surface area (Å²) in [5, 5.41) is 10.7. The molecule has 0 aliphatic rings. The van der Waals surface area contributed by atoms with Gasteiger partial charge in [0, 0.05) is 12.1 Å². The van der Waals surface area contributed by atoms with Gasteiger partial charge in [-0.1, -0.05) is 22.8 Å². The maximum atomic E-state index is 10.8. The summed E-state index contributed by atoms with van der Waals surface area (Å²) in [6.45, 7) is 0. The van der Waals surface area contributed by atoms with Crippen LogP contribution in [0.5, 0.6) is 0 Å². The van der Waals surface area contributed by atoms with Crippen LogP contribution < -0.4 is 0 Å². The molecule has 6 heteroatoms. The topological polar surface area (TPSA) is 66.2 Å². The van der Waals surface area contributed by atoms with Crippen molar-refractivity contribution in [3.05, 3.63) is 45.3 Å². The van der Waals surface area contributed by atoms with E-state index in [0.717, 1.165) is 0 Å². The number of non-ortho nitro benzene ring substituents is 1. The summed E-state index contributed by atoms with van der Waals surface area (Å²) >= 11 is 4.80. The van der Waals surface area contributed by atoms with E-state index in [-0.39, 0.29) is 16.5 Å². The van der Waals surface area contributed by atoms with E-state index < -0.39 is 16.1 Å². The van der Waals surface area contributed by atoms with Crippen LogP contribution in [0.4, 0.5) is 5.69 Å². The van der Waals surface area contributed by atoms with Crippen LogP contribution in [0.3, 0.4) is 0 Å². The lowest BCUT2D eigenvalue weighted by Gasteiger charge is -2.05. The standard InChI is InChI=1S/C9H8ClNO3S/c1-15(14)5-4-7-2-3-8(11(12)13)6-9(7)10/h2-3,6H,5H2,1H3. The second-order valence-corrected chi connectivity index (χ2v) is 4.66. The molecule has 1 unspecified atom stereocenters. The van der Waals surface area contributed by atoms with Crippen molar-refractivity contribution in [3.63, 3.8) is 0 Å². The van der Waals surface area contributed by atoms with E-state index in [1.165, 1.54) is 18.2 Å². The number of hydrogen-bond acceptors (Lipinski definition) is 3. The van der Waals surface area contributed by atoms with Crippen molar-refractivity contribution in [2.45, 2.75) is 0 Å². The molecule has 0 N–H and O–H groups in total. The molecule has 0 bridgehead atoms. The molecular formula is C9H8ClNO3S. The first-order valence-electron chi connectivity index (χ1n) is 3.98. The number of nitro benzene ring substituents is 1. The summed E-state index contributed by atoms with van der Waals surface area (Å²) in [6, 6.07) is 4.09. The Morgan fingerprint density at radius 1 is 1.60 bits per heavy atom. The van der Waals surface area contributed by atoms with E-state index in [0.29, 0.717) is 5.56 Å². The molecule has 0 aromatic heterocycles. The van der Waals surface area contributed by atoms with Gasteiger partial charge in [-0.15, -0.1) is 0 Å². The Hall–Kier alpha value is -0.780. The maximum absolute atomic E-state index is 10.8. The Kier molecular flexibility index (Phi) is 4.38. The van der Waals surface area contributed by atoms with Gasteiger partial charge < -0.3 is 4.55 Å². The highest BCUT2D eigenvalue weighted by atomic mass is 35.5. The predicted octanol–water partition coefficient (Wildman–Crippen LogP) is 2.06. The fraction of sp³-hybridized carbons (Fsp3) is 0.222. The molecule has 0 saturated heterocycles. The molecular weight excluding hydrogens is 238 g/mol. The summed E-state index contributed by atoms with van der Waals surface area (Å²) in [7, 11) is 0. The number of halogens is 1. The second kappa shape index (κ2) is 5.34. The first kappa shape index (κ1) is 12.3. The number of benzene rings is 1. The Labute approximate surface area is 95.6 Å². The first-order valence-corrected chi connectivity index (χ1v) is 6.09. The quantitative estimate of drug-likeness (QED) is 0.463. The average Bonchev–Trinajstić information content (AvgIpc) is 2.15. The lowest BCUT2D eigenvalue weighted by atomic mass is 10.1. The van der Waals surface area contributed by atoms with Crippen molar-refractivity contribution < 1.29 is 9.48 Å². The van der Waals surface area contributed by atoms with Crippen LogP contribution >= 0.6 is 11.6 Å². The van der Waals surface area contributed by atoms with Crippen molar-refractivity contribution >= 4 is 28.5 Å². The largest absolute Gasteiger partial charge is 0.617 e. The lowest BCUT2D eigenvalue weighted by molar-refractivity contribution is -0.384. The molecule has 2 radical (unpaired) electrons. The molecule has 0 spiro atoms. The molecule has 80 valence electrons. The van der Waals surface area contributed by atoms with Gasteiger partial charge in [0.15, 0.2) is 0 Å². The van der Waals surface area contributed by atoms with Gasteiger partial charge in [-0.25, -0.2) is 0 Å². The van der Waals surface area contributed by atoms with E-state index >= 15 is 0 Å². The zero-order valence-corrected chi connectivity index (χ0v) is 9.47. The second-order valence-electron chi connectivity index (χ2n) is 2.82. The minimum absolute atomic E-state index is 0.0665. The summed E-state index contributed by atoms with van der Waals surface area (Å²) in [6.07, 6.45) is 4.37. The van der Waals surface area contributed by atoms with Crippen LogP contribution in [0.1, 0.15) is 5.56 Å². The summed E-state index contributed by atoms with van der Waals surface area (Å²) in [4.78, 5) is 9.89. The van der Waals surface area contributed by atoms with Gasteiger partial charge in [0.05, 0.1) is 22.6 Å². The van der Waals surface area contributed by atoms with E-state index in [2.05, 4.69) is 6.42 Å². The van der Waals surface area contributed by atoms with Crippen molar-refractivity contribution in [2.75, 3.05) is 12.0 Å². The predicted molar refractivity (Wildman–Crippen MR) is 59.4 cm³/mol. The fourth-order valence-corrected chi connectivity index (χ4v) is 1.54. The van der Waals surface area contributed by atoms with E-state index in [1.807, 2.05) is 0 Å². The lowest BCUT2D eigenvalue weighted by Crippen LogP contribution is -2.04. The molecule has 1 aromatic carbocycles. The Bertz CT molecular complexity index is 370. The van der Waals surface area contributed by atoms with Crippen LogP contribution in [-0.2, 0) is 11.2 Å². The Morgan fingerprint density at radius 3 is 2.73 bits per heavy atom. The van der Waals surface area contributed by atoms with Gasteiger partial charge >= 0.3 is 0 Å². The van der Waals surface area contributed by atoms with Crippen molar-refractivity contribution in [2.24, 2.45) is 0 Å². The van der Waals surface area contributed by atoms with Crippen LogP contribution in [-0.4, -0.2) is 21.5 Å². The average molecular weight is 246 g/mol. The molecule has 0 heterocycles. The normalized spacial score (nSPS) is 12.5. The molecule has 0 aliphatic carbocycles. The molecule has 0 fully saturated rings. The fourth-order valence-electron chi connectivity index (χ4n) is 0.940. The minimum atomic E-state index is -0.992. The zero-order valence-electron chi connectivity index (χ0n) is 7.90. The number of hydrogen-bond donors (Lipinski definition) is 0. The molecule has 4 nitrogen and oxygen atoms in total. The van der Waals surface area contributed by atoms with Crippen LogP contribution in [0, 0.1) is 16.5 Å². The van der Waals surface area contributed by atoms with Gasteiger partial charge in [-0.05, 0) is 11.6 Å². The van der Waals surface area contributed by atoms with E-state index in [4.69, 9.17) is 11.6 Å². The van der Waals surface area contributed by atoms with Gasteiger partial charge in [-0.2, -0.15) is 0 Å². The van der Waals surface area contributed by atoms with Crippen molar-refractivity contribution in [1.82, 2.24) is 0 Å². The Morgan fingerprint density at radius 2 is 2.27 bits per heavy atom.